The average Bonchev–Trinajstić information content (AvgIpc) is 2.96. The maximum absolute atomic E-state index is 11.8. The molecule has 0 spiro atoms. The molecule has 5 nitrogen and oxygen atoms in total. The molecule has 0 aliphatic heterocycles. The first kappa shape index (κ1) is 15.8. The van der Waals surface area contributed by atoms with Gasteiger partial charge < -0.3 is 10.3 Å². The van der Waals surface area contributed by atoms with Crippen LogP contribution in [0.3, 0.4) is 0 Å². The number of nitrogens with one attached hydrogen (secondary N) is 2. The van der Waals surface area contributed by atoms with Crippen LogP contribution >= 0.6 is 23.1 Å². The third kappa shape index (κ3) is 4.44. The third-order valence-corrected chi connectivity index (χ3v) is 4.68. The van der Waals surface area contributed by atoms with Crippen molar-refractivity contribution in [2.24, 2.45) is 0 Å². The van der Waals surface area contributed by atoms with Gasteiger partial charge in [0.2, 0.25) is 5.91 Å². The summed E-state index contributed by atoms with van der Waals surface area (Å²) in [4.78, 5) is 31.7. The fraction of sp³-hybridized carbons (Fsp3) is 0.357. The van der Waals surface area contributed by atoms with Gasteiger partial charge in [0.05, 0.1) is 12.3 Å². The summed E-state index contributed by atoms with van der Waals surface area (Å²) in [5.74, 6) is 0.160. The van der Waals surface area contributed by atoms with Crippen molar-refractivity contribution in [2.75, 3.05) is 5.75 Å². The number of hydrogen-bond donors (Lipinski definition) is 2. The number of nitrogens with zero attached hydrogens (tertiary/aromatic N) is 1. The molecule has 0 unspecified atom stereocenters. The maximum atomic E-state index is 11.8. The quantitative estimate of drug-likeness (QED) is 0.631. The number of carbonyl (C=O) groups excluding carboxylic acids is 1. The molecule has 0 radical (unpaired) electrons. The highest BCUT2D eigenvalue weighted by molar-refractivity contribution is 7.99. The Morgan fingerprint density at radius 1 is 1.52 bits per heavy atom. The molecule has 0 aliphatic carbocycles. The summed E-state index contributed by atoms with van der Waals surface area (Å²) < 4.78 is 0. The van der Waals surface area contributed by atoms with Gasteiger partial charge in [0.25, 0.3) is 5.56 Å². The predicted molar refractivity (Wildman–Crippen MR) is 85.9 cm³/mol. The van der Waals surface area contributed by atoms with E-state index >= 15 is 0 Å². The highest BCUT2D eigenvalue weighted by Crippen LogP contribution is 2.13. The molecule has 112 valence electrons. The van der Waals surface area contributed by atoms with Gasteiger partial charge in [-0.1, -0.05) is 24.8 Å². The van der Waals surface area contributed by atoms with E-state index < -0.39 is 0 Å². The van der Waals surface area contributed by atoms with Gasteiger partial charge >= 0.3 is 0 Å². The molecular weight excluding hydrogens is 306 g/mol. The Bertz CT molecular complexity index is 665. The van der Waals surface area contributed by atoms with Crippen LogP contribution in [0.25, 0.3) is 0 Å². The first-order valence-corrected chi connectivity index (χ1v) is 8.48. The monoisotopic (exact) mass is 323 g/mol. The minimum Gasteiger partial charge on any atom is -0.350 e. The lowest BCUT2D eigenvalue weighted by molar-refractivity contribution is -0.118. The molecule has 2 N–H and O–H groups in total. The summed E-state index contributed by atoms with van der Waals surface area (Å²) in [7, 11) is 0. The van der Waals surface area contributed by atoms with Crippen LogP contribution in [0.4, 0.5) is 0 Å². The Morgan fingerprint density at radius 2 is 2.33 bits per heavy atom. The van der Waals surface area contributed by atoms with Gasteiger partial charge in [-0.05, 0) is 24.8 Å². The fourth-order valence-electron chi connectivity index (χ4n) is 1.85. The number of thioether (sulfide) groups is 1. The fourth-order valence-corrected chi connectivity index (χ4v) is 3.23. The van der Waals surface area contributed by atoms with Crippen LogP contribution in [0, 0.1) is 6.92 Å². The summed E-state index contributed by atoms with van der Waals surface area (Å²) in [5, 5.41) is 5.30. The van der Waals surface area contributed by atoms with Crippen LogP contribution in [0.5, 0.6) is 0 Å². The van der Waals surface area contributed by atoms with Crippen LogP contribution in [0.1, 0.15) is 23.1 Å². The molecule has 0 atom stereocenters. The molecule has 1 amide bonds. The predicted octanol–water partition coefficient (Wildman–Crippen LogP) is 2.11. The van der Waals surface area contributed by atoms with Crippen LogP contribution in [-0.2, 0) is 17.8 Å². The summed E-state index contributed by atoms with van der Waals surface area (Å²) in [5.41, 5.74) is 1.30. The lowest BCUT2D eigenvalue weighted by atomic mass is 10.2. The van der Waals surface area contributed by atoms with Crippen LogP contribution in [-0.4, -0.2) is 21.6 Å². The van der Waals surface area contributed by atoms with Gasteiger partial charge in [-0.3, -0.25) is 9.59 Å². The molecule has 0 saturated heterocycles. The van der Waals surface area contributed by atoms with Gasteiger partial charge in [-0.15, -0.1) is 11.3 Å². The Morgan fingerprint density at radius 3 is 2.95 bits per heavy atom. The first-order valence-electron chi connectivity index (χ1n) is 6.61. The second kappa shape index (κ2) is 7.42. The van der Waals surface area contributed by atoms with Gasteiger partial charge in [0, 0.05) is 16.1 Å². The minimum atomic E-state index is -0.119. The number of aromatic amines is 1. The van der Waals surface area contributed by atoms with E-state index in [9.17, 15) is 9.59 Å². The maximum Gasteiger partial charge on any atom is 0.254 e. The third-order valence-electron chi connectivity index (χ3n) is 2.93. The van der Waals surface area contributed by atoms with E-state index in [0.29, 0.717) is 23.7 Å². The van der Waals surface area contributed by atoms with Crippen LogP contribution < -0.4 is 10.9 Å². The SMILES string of the molecule is CCc1c(C)nc(SCC(=O)NCc2cccs2)[nH]c1=O. The molecular formula is C14H17N3O2S2. The first-order chi connectivity index (χ1) is 10.1. The molecule has 0 bridgehead atoms. The molecule has 2 rings (SSSR count). The highest BCUT2D eigenvalue weighted by atomic mass is 32.2. The van der Waals surface area contributed by atoms with Crippen LogP contribution in [0.15, 0.2) is 27.5 Å². The number of H-pyrrole nitrogens is 1. The normalized spacial score (nSPS) is 10.6. The zero-order chi connectivity index (χ0) is 15.2. The molecule has 2 heterocycles. The van der Waals surface area contributed by atoms with Gasteiger partial charge in [0.1, 0.15) is 0 Å². The largest absolute Gasteiger partial charge is 0.350 e. The van der Waals surface area contributed by atoms with Crippen molar-refractivity contribution in [3.05, 3.63) is 44.0 Å². The lowest BCUT2D eigenvalue weighted by Gasteiger charge is -2.06. The zero-order valence-corrected chi connectivity index (χ0v) is 13.6. The molecule has 0 aromatic carbocycles. The van der Waals surface area contributed by atoms with E-state index in [1.54, 1.807) is 11.3 Å². The second-order valence-corrected chi connectivity index (χ2v) is 6.43. The lowest BCUT2D eigenvalue weighted by Crippen LogP contribution is -2.24. The van der Waals surface area contributed by atoms with Gasteiger partial charge in [-0.25, -0.2) is 4.98 Å². The Hall–Kier alpha value is -1.60. The van der Waals surface area contributed by atoms with E-state index in [-0.39, 0.29) is 17.2 Å². The van der Waals surface area contributed by atoms with E-state index in [0.717, 1.165) is 10.6 Å². The van der Waals surface area contributed by atoms with Crippen molar-refractivity contribution < 1.29 is 4.79 Å². The highest BCUT2D eigenvalue weighted by Gasteiger charge is 2.09. The summed E-state index contributed by atoms with van der Waals surface area (Å²) in [6, 6.07) is 3.93. The number of amides is 1. The number of aromatic nitrogens is 2. The molecule has 0 fully saturated rings. The van der Waals surface area contributed by atoms with Crippen molar-refractivity contribution in [1.29, 1.82) is 0 Å². The molecule has 0 aliphatic rings. The Balaban J connectivity index is 1.88. The molecule has 0 saturated carbocycles. The Labute approximate surface area is 131 Å². The number of aryl methyl sites for hydroxylation is 1. The number of carbonyl (C=O) groups is 1. The standard InChI is InChI=1S/C14H17N3O2S2/c1-3-11-9(2)16-14(17-13(11)19)21-8-12(18)15-7-10-5-4-6-20-10/h4-6H,3,7-8H2,1-2H3,(H,15,18)(H,16,17,19). The van der Waals surface area contributed by atoms with Crippen molar-refractivity contribution >= 4 is 29.0 Å². The number of thiophene rings is 1. The summed E-state index contributed by atoms with van der Waals surface area (Å²) in [6.45, 7) is 4.27. The van der Waals surface area contributed by atoms with E-state index in [4.69, 9.17) is 0 Å². The molecule has 7 heteroatoms. The topological polar surface area (TPSA) is 74.8 Å². The number of hydrogen-bond acceptors (Lipinski definition) is 5. The van der Waals surface area contributed by atoms with Crippen molar-refractivity contribution in [3.63, 3.8) is 0 Å². The van der Waals surface area contributed by atoms with E-state index in [1.165, 1.54) is 11.8 Å². The molecule has 2 aromatic rings. The molecule has 21 heavy (non-hydrogen) atoms. The minimum absolute atomic E-state index is 0.0757. The van der Waals surface area contributed by atoms with Gasteiger partial charge in [0.15, 0.2) is 5.16 Å². The Kier molecular flexibility index (Phi) is 5.58. The second-order valence-electron chi connectivity index (χ2n) is 4.43. The zero-order valence-electron chi connectivity index (χ0n) is 11.9. The van der Waals surface area contributed by atoms with Gasteiger partial charge in [-0.2, -0.15) is 0 Å². The van der Waals surface area contributed by atoms with E-state index in [2.05, 4.69) is 15.3 Å². The average molecular weight is 323 g/mol. The summed E-state index contributed by atoms with van der Waals surface area (Å²) >= 11 is 2.84. The molecule has 2 aromatic heterocycles. The smallest absolute Gasteiger partial charge is 0.254 e. The van der Waals surface area contributed by atoms with E-state index in [1.807, 2.05) is 31.4 Å². The summed E-state index contributed by atoms with van der Waals surface area (Å²) in [6.07, 6.45) is 0.653. The number of rotatable bonds is 6. The van der Waals surface area contributed by atoms with Crippen molar-refractivity contribution in [2.45, 2.75) is 32.0 Å². The van der Waals surface area contributed by atoms with Crippen molar-refractivity contribution in [3.8, 4) is 0 Å². The van der Waals surface area contributed by atoms with Crippen LogP contribution in [0.2, 0.25) is 0 Å². The van der Waals surface area contributed by atoms with Crippen molar-refractivity contribution in [1.82, 2.24) is 15.3 Å².